The lowest BCUT2D eigenvalue weighted by Crippen LogP contribution is -2.32. The fraction of sp³-hybridized carbons (Fsp3) is 0.533. The topological polar surface area (TPSA) is 142 Å². The number of alkyl halides is 3. The average Bonchev–Trinajstić information content (AvgIpc) is 3.03. The SMILES string of the molecule is CC(C)(C)OC(=O)/N=C/CNC(=O)c1ncn2c(=O)n(CCOC(F)(F)F)nnc12. The van der Waals surface area contributed by atoms with E-state index in [-0.39, 0.29) is 17.9 Å². The highest BCUT2D eigenvalue weighted by molar-refractivity contribution is 5.98. The number of aromatic nitrogens is 5. The highest BCUT2D eigenvalue weighted by atomic mass is 19.4. The highest BCUT2D eigenvalue weighted by Gasteiger charge is 2.29. The monoisotopic (exact) mass is 433 g/mol. The number of hydrogen-bond donors (Lipinski definition) is 1. The van der Waals surface area contributed by atoms with Crippen molar-refractivity contribution in [1.29, 1.82) is 0 Å². The Morgan fingerprint density at radius 3 is 2.63 bits per heavy atom. The number of carbonyl (C=O) groups excluding carboxylic acids is 2. The lowest BCUT2D eigenvalue weighted by Gasteiger charge is -2.17. The van der Waals surface area contributed by atoms with Crippen LogP contribution in [0, 0.1) is 0 Å². The van der Waals surface area contributed by atoms with Crippen molar-refractivity contribution < 1.29 is 32.2 Å². The van der Waals surface area contributed by atoms with Crippen molar-refractivity contribution >= 4 is 23.9 Å². The van der Waals surface area contributed by atoms with Crippen LogP contribution in [0.1, 0.15) is 31.3 Å². The van der Waals surface area contributed by atoms with Crippen molar-refractivity contribution in [2.75, 3.05) is 13.2 Å². The van der Waals surface area contributed by atoms with Gasteiger partial charge in [-0.05, 0) is 20.8 Å². The van der Waals surface area contributed by atoms with Crippen molar-refractivity contribution in [2.24, 2.45) is 4.99 Å². The predicted octanol–water partition coefficient (Wildman–Crippen LogP) is 0.558. The molecular weight excluding hydrogens is 415 g/mol. The minimum Gasteiger partial charge on any atom is -0.442 e. The van der Waals surface area contributed by atoms with Gasteiger partial charge in [0, 0.05) is 6.21 Å². The van der Waals surface area contributed by atoms with E-state index in [0.717, 1.165) is 16.9 Å². The molecule has 15 heteroatoms. The Morgan fingerprint density at radius 1 is 1.30 bits per heavy atom. The predicted molar refractivity (Wildman–Crippen MR) is 94.1 cm³/mol. The van der Waals surface area contributed by atoms with Crippen LogP contribution in [0.5, 0.6) is 0 Å². The summed E-state index contributed by atoms with van der Waals surface area (Å²) in [5.41, 5.74) is -2.01. The highest BCUT2D eigenvalue weighted by Crippen LogP contribution is 2.15. The van der Waals surface area contributed by atoms with Crippen LogP contribution in [0.25, 0.3) is 5.65 Å². The molecule has 12 nitrogen and oxygen atoms in total. The molecule has 2 heterocycles. The molecule has 0 aliphatic rings. The molecule has 2 aromatic rings. The smallest absolute Gasteiger partial charge is 0.442 e. The Balaban J connectivity index is 2.01. The van der Waals surface area contributed by atoms with Gasteiger partial charge in [0.2, 0.25) is 0 Å². The van der Waals surface area contributed by atoms with E-state index in [1.54, 1.807) is 20.8 Å². The lowest BCUT2D eigenvalue weighted by atomic mass is 10.2. The molecule has 0 aromatic carbocycles. The van der Waals surface area contributed by atoms with Gasteiger partial charge in [-0.2, -0.15) is 9.67 Å². The van der Waals surface area contributed by atoms with Gasteiger partial charge in [-0.3, -0.25) is 9.53 Å². The molecule has 0 spiro atoms. The first kappa shape index (κ1) is 22.9. The summed E-state index contributed by atoms with van der Waals surface area (Å²) in [4.78, 5) is 43.1. The van der Waals surface area contributed by atoms with Crippen LogP contribution < -0.4 is 11.0 Å². The lowest BCUT2D eigenvalue weighted by molar-refractivity contribution is -0.325. The zero-order valence-corrected chi connectivity index (χ0v) is 16.1. The molecule has 0 unspecified atom stereocenters. The van der Waals surface area contributed by atoms with Gasteiger partial charge in [-0.15, -0.1) is 18.3 Å². The maximum Gasteiger partial charge on any atom is 0.522 e. The standard InChI is InChI=1S/C15H18F3N7O5/c1-14(2,3)30-12(27)20-5-4-19-11(26)9-10-22-23-25(6-7-29-15(16,17)18)13(28)24(10)8-21-9/h5,8H,4,6-7H2,1-3H3,(H,19,26)/b20-5+. The van der Waals surface area contributed by atoms with Gasteiger partial charge in [-0.1, -0.05) is 5.21 Å². The summed E-state index contributed by atoms with van der Waals surface area (Å²) in [6.45, 7) is 3.51. The molecule has 164 valence electrons. The van der Waals surface area contributed by atoms with Crippen molar-refractivity contribution in [3.8, 4) is 0 Å². The van der Waals surface area contributed by atoms with Crippen LogP contribution in [0.2, 0.25) is 0 Å². The number of amides is 2. The van der Waals surface area contributed by atoms with Gasteiger partial charge >= 0.3 is 18.1 Å². The third kappa shape index (κ3) is 6.61. The second-order valence-electron chi connectivity index (χ2n) is 6.68. The summed E-state index contributed by atoms with van der Waals surface area (Å²) in [6.07, 6.45) is -3.57. The quantitative estimate of drug-likeness (QED) is 0.651. The van der Waals surface area contributed by atoms with E-state index in [9.17, 15) is 27.6 Å². The minimum atomic E-state index is -4.84. The molecule has 2 rings (SSSR count). The molecule has 0 fully saturated rings. The van der Waals surface area contributed by atoms with Crippen molar-refractivity contribution in [1.82, 2.24) is 29.7 Å². The van der Waals surface area contributed by atoms with Gasteiger partial charge in [0.25, 0.3) is 5.91 Å². The Morgan fingerprint density at radius 2 is 2.00 bits per heavy atom. The van der Waals surface area contributed by atoms with Crippen LogP contribution in [0.15, 0.2) is 16.1 Å². The molecule has 0 atom stereocenters. The van der Waals surface area contributed by atoms with Gasteiger partial charge < -0.3 is 10.1 Å². The van der Waals surface area contributed by atoms with E-state index >= 15 is 0 Å². The Labute approximate surface area is 166 Å². The van der Waals surface area contributed by atoms with Crippen molar-refractivity contribution in [2.45, 2.75) is 39.3 Å². The van der Waals surface area contributed by atoms with Gasteiger partial charge in [0.05, 0.1) is 19.7 Å². The van der Waals surface area contributed by atoms with Crippen molar-refractivity contribution in [3.63, 3.8) is 0 Å². The van der Waals surface area contributed by atoms with E-state index in [0.29, 0.717) is 4.68 Å². The number of nitrogens with one attached hydrogen (secondary N) is 1. The average molecular weight is 433 g/mol. The van der Waals surface area contributed by atoms with E-state index in [4.69, 9.17) is 4.74 Å². The summed E-state index contributed by atoms with van der Waals surface area (Å²) < 4.78 is 46.0. The fourth-order valence-corrected chi connectivity index (χ4v) is 2.02. The van der Waals surface area contributed by atoms with Crippen molar-refractivity contribution in [3.05, 3.63) is 22.5 Å². The van der Waals surface area contributed by atoms with Gasteiger partial charge in [0.15, 0.2) is 11.3 Å². The molecule has 30 heavy (non-hydrogen) atoms. The van der Waals surface area contributed by atoms with Crippen LogP contribution in [0.4, 0.5) is 18.0 Å². The number of aliphatic imine (C=N–C) groups is 1. The number of ether oxygens (including phenoxy) is 2. The number of imidazole rings is 1. The zero-order chi connectivity index (χ0) is 22.5. The maximum absolute atomic E-state index is 12.2. The summed E-state index contributed by atoms with van der Waals surface area (Å²) in [7, 11) is 0. The molecule has 0 aliphatic carbocycles. The largest absolute Gasteiger partial charge is 0.522 e. The third-order valence-corrected chi connectivity index (χ3v) is 3.14. The normalized spacial score (nSPS) is 12.5. The third-order valence-electron chi connectivity index (χ3n) is 3.14. The summed E-state index contributed by atoms with van der Waals surface area (Å²) >= 11 is 0. The fourth-order valence-electron chi connectivity index (χ4n) is 2.02. The van der Waals surface area contributed by atoms with E-state index in [2.05, 4.69) is 30.3 Å². The van der Waals surface area contributed by atoms with Gasteiger partial charge in [-0.25, -0.2) is 19.0 Å². The number of carbonyl (C=O) groups is 2. The number of hydrogen-bond acceptors (Lipinski definition) is 8. The van der Waals surface area contributed by atoms with Crippen LogP contribution >= 0.6 is 0 Å². The molecule has 0 radical (unpaired) electrons. The molecule has 0 saturated carbocycles. The second kappa shape index (κ2) is 8.98. The first-order valence-corrected chi connectivity index (χ1v) is 8.42. The van der Waals surface area contributed by atoms with Crippen LogP contribution in [-0.2, 0) is 16.0 Å². The summed E-state index contributed by atoms with van der Waals surface area (Å²) in [6, 6.07) is 0. The first-order chi connectivity index (χ1) is 13.9. The number of rotatable bonds is 6. The van der Waals surface area contributed by atoms with Crippen LogP contribution in [-0.4, -0.2) is 67.7 Å². The Kier molecular flexibility index (Phi) is 6.86. The Hall–Kier alpha value is -3.36. The minimum absolute atomic E-state index is 0.142. The van der Waals surface area contributed by atoms with Gasteiger partial charge in [0.1, 0.15) is 11.9 Å². The molecule has 0 bridgehead atoms. The van der Waals surface area contributed by atoms with Crippen LogP contribution in [0.3, 0.4) is 0 Å². The second-order valence-corrected chi connectivity index (χ2v) is 6.68. The summed E-state index contributed by atoms with van der Waals surface area (Å²) in [5.74, 6) is -0.736. The molecular formula is C15H18F3N7O5. The van der Waals surface area contributed by atoms with E-state index < -0.39 is 42.8 Å². The summed E-state index contributed by atoms with van der Waals surface area (Å²) in [5, 5.41) is 9.50. The number of halogens is 3. The molecule has 0 aliphatic heterocycles. The molecule has 0 saturated heterocycles. The first-order valence-electron chi connectivity index (χ1n) is 8.42. The molecule has 1 N–H and O–H groups in total. The Bertz CT molecular complexity index is 1010. The number of fused-ring (bicyclic) bond motifs is 1. The van der Waals surface area contributed by atoms with E-state index in [1.807, 2.05) is 0 Å². The zero-order valence-electron chi connectivity index (χ0n) is 16.1. The molecule has 2 amide bonds. The van der Waals surface area contributed by atoms with E-state index in [1.165, 1.54) is 0 Å². The molecule has 2 aromatic heterocycles. The number of nitrogens with zero attached hydrogens (tertiary/aromatic N) is 6. The maximum atomic E-state index is 12.2.